The van der Waals surface area contributed by atoms with Crippen LogP contribution in [0.5, 0.6) is 0 Å². The summed E-state index contributed by atoms with van der Waals surface area (Å²) in [6.07, 6.45) is 0. The molecule has 0 aliphatic carbocycles. The van der Waals surface area contributed by atoms with Crippen LogP contribution in [-0.2, 0) is 22.9 Å². The lowest BCUT2D eigenvalue weighted by Crippen LogP contribution is -2.49. The molecular weight excluding hydrogens is 251 g/mol. The van der Waals surface area contributed by atoms with Gasteiger partial charge in [-0.15, -0.1) is 0 Å². The van der Waals surface area contributed by atoms with E-state index in [1.54, 1.807) is 0 Å². The van der Waals surface area contributed by atoms with Crippen molar-refractivity contribution in [3.05, 3.63) is 0 Å². The fourth-order valence-electron chi connectivity index (χ4n) is 1.41. The Labute approximate surface area is 98.8 Å². The molecule has 3 aliphatic heterocycles. The van der Waals surface area contributed by atoms with E-state index in [0.29, 0.717) is 0 Å². The summed E-state index contributed by atoms with van der Waals surface area (Å²) >= 11 is 1.24. The molecule has 0 spiro atoms. The van der Waals surface area contributed by atoms with Gasteiger partial charge in [-0.1, -0.05) is 32.5 Å². The summed E-state index contributed by atoms with van der Waals surface area (Å²) in [5, 5.41) is -0.0223. The number of phosphoric ester groups is 1. The highest BCUT2D eigenvalue weighted by Crippen LogP contribution is 2.61. The maximum absolute atomic E-state index is 12.1. The van der Waals surface area contributed by atoms with Gasteiger partial charge in [0, 0.05) is 4.75 Å². The third-order valence-corrected chi connectivity index (χ3v) is 4.90. The topological polar surface area (TPSA) is 61.8 Å². The smallest absolute Gasteiger partial charge is 0.286 e. The SMILES string of the molecule is CC(C)(C)SC(=O)C12COP(=O)(OC1)OC2. The maximum Gasteiger partial charge on any atom is 0.474 e. The molecule has 3 fully saturated rings. The largest absolute Gasteiger partial charge is 0.474 e. The normalized spacial score (nSPS) is 38.7. The van der Waals surface area contributed by atoms with E-state index < -0.39 is 13.2 Å². The van der Waals surface area contributed by atoms with Gasteiger partial charge >= 0.3 is 7.82 Å². The Morgan fingerprint density at radius 1 is 1.19 bits per heavy atom. The number of thioether (sulfide) groups is 1. The van der Waals surface area contributed by atoms with Crippen molar-refractivity contribution in [3.8, 4) is 0 Å². The first-order chi connectivity index (χ1) is 7.25. The van der Waals surface area contributed by atoms with E-state index in [9.17, 15) is 9.36 Å². The van der Waals surface area contributed by atoms with Crippen molar-refractivity contribution in [2.24, 2.45) is 5.41 Å². The second kappa shape index (κ2) is 3.82. The molecule has 3 rings (SSSR count). The summed E-state index contributed by atoms with van der Waals surface area (Å²) < 4.78 is 26.3. The molecule has 7 heteroatoms. The number of carbonyl (C=O) groups excluding carboxylic acids is 1. The molecule has 0 aromatic rings. The van der Waals surface area contributed by atoms with E-state index in [-0.39, 0.29) is 29.7 Å². The third-order valence-electron chi connectivity index (χ3n) is 2.33. The molecule has 5 nitrogen and oxygen atoms in total. The first kappa shape index (κ1) is 12.6. The minimum Gasteiger partial charge on any atom is -0.286 e. The van der Waals surface area contributed by atoms with Crippen LogP contribution >= 0.6 is 19.6 Å². The standard InChI is InChI=1S/C9H15O5PS/c1-8(2,3)16-7(10)9-4-12-15(11,13-5-9)14-6-9/h4-6H2,1-3H3. The van der Waals surface area contributed by atoms with Gasteiger partial charge in [0.25, 0.3) is 0 Å². The van der Waals surface area contributed by atoms with Crippen molar-refractivity contribution < 1.29 is 22.9 Å². The van der Waals surface area contributed by atoms with E-state index >= 15 is 0 Å². The number of phosphoric acid groups is 1. The Bertz CT molecular complexity index is 330. The molecule has 0 amide bonds. The lowest BCUT2D eigenvalue weighted by atomic mass is 9.93. The quantitative estimate of drug-likeness (QED) is 0.678. The molecule has 3 heterocycles. The van der Waals surface area contributed by atoms with Gasteiger partial charge in [0.1, 0.15) is 5.41 Å². The van der Waals surface area contributed by atoms with Crippen molar-refractivity contribution in [1.82, 2.24) is 0 Å². The number of fused-ring (bicyclic) bond motifs is 3. The highest BCUT2D eigenvalue weighted by Gasteiger charge is 2.55. The van der Waals surface area contributed by atoms with Gasteiger partial charge in [0.05, 0.1) is 19.8 Å². The van der Waals surface area contributed by atoms with E-state index in [1.807, 2.05) is 20.8 Å². The maximum atomic E-state index is 12.1. The van der Waals surface area contributed by atoms with Crippen molar-refractivity contribution in [2.45, 2.75) is 25.5 Å². The predicted molar refractivity (Wildman–Crippen MR) is 60.2 cm³/mol. The Morgan fingerprint density at radius 3 is 2.00 bits per heavy atom. The number of rotatable bonds is 1. The monoisotopic (exact) mass is 266 g/mol. The minimum absolute atomic E-state index is 0.0223. The predicted octanol–water partition coefficient (Wildman–Crippen LogP) is 2.22. The molecule has 0 N–H and O–H groups in total. The van der Waals surface area contributed by atoms with Gasteiger partial charge in [-0.05, 0) is 0 Å². The van der Waals surface area contributed by atoms with E-state index in [2.05, 4.69) is 0 Å². The zero-order valence-corrected chi connectivity index (χ0v) is 11.2. The Kier molecular flexibility index (Phi) is 3.00. The van der Waals surface area contributed by atoms with Gasteiger partial charge in [-0.25, -0.2) is 4.57 Å². The lowest BCUT2D eigenvalue weighted by molar-refractivity contribution is -0.140. The molecule has 92 valence electrons. The van der Waals surface area contributed by atoms with Gasteiger partial charge in [-0.3, -0.25) is 18.4 Å². The first-order valence-corrected chi connectivity index (χ1v) is 7.30. The molecule has 0 unspecified atom stereocenters. The molecule has 0 radical (unpaired) electrons. The molecule has 3 aliphatic rings. The zero-order valence-electron chi connectivity index (χ0n) is 9.52. The van der Waals surface area contributed by atoms with Gasteiger partial charge in [-0.2, -0.15) is 0 Å². The van der Waals surface area contributed by atoms with Crippen LogP contribution in [0.1, 0.15) is 20.8 Å². The summed E-state index contributed by atoms with van der Waals surface area (Å²) in [6.45, 7) is 6.28. The van der Waals surface area contributed by atoms with Crippen LogP contribution in [0.15, 0.2) is 0 Å². The highest BCUT2D eigenvalue weighted by atomic mass is 32.2. The second-order valence-electron chi connectivity index (χ2n) is 5.05. The van der Waals surface area contributed by atoms with Gasteiger partial charge in [0.15, 0.2) is 0 Å². The molecule has 0 aromatic carbocycles. The summed E-state index contributed by atoms with van der Waals surface area (Å²) in [6, 6.07) is 0. The zero-order chi connectivity index (χ0) is 12.0. The Hall–Kier alpha value is 0.130. The van der Waals surface area contributed by atoms with Crippen molar-refractivity contribution in [2.75, 3.05) is 19.8 Å². The van der Waals surface area contributed by atoms with Crippen LogP contribution < -0.4 is 0 Å². The minimum atomic E-state index is -3.32. The van der Waals surface area contributed by atoms with Crippen LogP contribution in [-0.4, -0.2) is 29.7 Å². The van der Waals surface area contributed by atoms with Crippen molar-refractivity contribution in [3.63, 3.8) is 0 Å². The summed E-state index contributed by atoms with van der Waals surface area (Å²) in [7, 11) is -3.32. The van der Waals surface area contributed by atoms with Crippen LogP contribution in [0, 0.1) is 5.41 Å². The Morgan fingerprint density at radius 2 is 1.62 bits per heavy atom. The molecular formula is C9H15O5PS. The van der Waals surface area contributed by atoms with Crippen LogP contribution in [0.25, 0.3) is 0 Å². The van der Waals surface area contributed by atoms with Crippen LogP contribution in [0.3, 0.4) is 0 Å². The summed E-state index contributed by atoms with van der Waals surface area (Å²) in [5.41, 5.74) is -0.788. The molecule has 0 saturated carbocycles. The number of hydrogen-bond acceptors (Lipinski definition) is 6. The fourth-order valence-corrected chi connectivity index (χ4v) is 3.80. The first-order valence-electron chi connectivity index (χ1n) is 5.02. The van der Waals surface area contributed by atoms with Gasteiger partial charge < -0.3 is 0 Å². The lowest BCUT2D eigenvalue weighted by Gasteiger charge is -2.43. The van der Waals surface area contributed by atoms with Crippen molar-refractivity contribution >= 4 is 24.7 Å². The van der Waals surface area contributed by atoms with E-state index in [4.69, 9.17) is 13.6 Å². The molecule has 0 aromatic heterocycles. The summed E-state index contributed by atoms with van der Waals surface area (Å²) in [4.78, 5) is 12.1. The van der Waals surface area contributed by atoms with Crippen LogP contribution in [0.2, 0.25) is 0 Å². The van der Waals surface area contributed by atoms with E-state index in [1.165, 1.54) is 11.8 Å². The number of carbonyl (C=O) groups is 1. The third kappa shape index (κ3) is 2.36. The molecule has 3 saturated heterocycles. The Balaban J connectivity index is 2.10. The van der Waals surface area contributed by atoms with E-state index in [0.717, 1.165) is 0 Å². The molecule has 0 atom stereocenters. The highest BCUT2D eigenvalue weighted by molar-refractivity contribution is 8.14. The summed E-state index contributed by atoms with van der Waals surface area (Å²) in [5.74, 6) is 0. The van der Waals surface area contributed by atoms with Gasteiger partial charge in [0.2, 0.25) is 5.12 Å². The molecule has 2 bridgehead atoms. The average Bonchev–Trinajstić information content (AvgIpc) is 2.16. The number of hydrogen-bond donors (Lipinski definition) is 0. The average molecular weight is 266 g/mol. The van der Waals surface area contributed by atoms with Crippen molar-refractivity contribution in [1.29, 1.82) is 0 Å². The second-order valence-corrected chi connectivity index (χ2v) is 8.52. The fraction of sp³-hybridized carbons (Fsp3) is 0.889. The molecule has 16 heavy (non-hydrogen) atoms. The van der Waals surface area contributed by atoms with Crippen LogP contribution in [0.4, 0.5) is 0 Å².